The number of thiazole rings is 1. The fourth-order valence-electron chi connectivity index (χ4n) is 3.14. The van der Waals surface area contributed by atoms with E-state index in [1.165, 1.54) is 11.4 Å². The van der Waals surface area contributed by atoms with Crippen LogP contribution in [0, 0.1) is 11.6 Å². The van der Waals surface area contributed by atoms with Crippen molar-refractivity contribution in [1.82, 2.24) is 4.98 Å². The molecule has 1 aliphatic rings. The number of anilines is 2. The van der Waals surface area contributed by atoms with Gasteiger partial charge in [0, 0.05) is 24.0 Å². The zero-order valence-electron chi connectivity index (χ0n) is 15.7. The summed E-state index contributed by atoms with van der Waals surface area (Å²) in [6.45, 7) is 0.443. The average molecular weight is 429 g/mol. The molecule has 1 N–H and O–H groups in total. The molecule has 0 spiro atoms. The molecule has 1 fully saturated rings. The highest BCUT2D eigenvalue weighted by atomic mass is 32.1. The number of hydrogen-bond donors (Lipinski definition) is 1. The smallest absolute Gasteiger partial charge is 0.264 e. The van der Waals surface area contributed by atoms with Crippen LogP contribution in [-0.2, 0) is 9.59 Å². The van der Waals surface area contributed by atoms with Gasteiger partial charge in [0.25, 0.3) is 5.91 Å². The van der Waals surface area contributed by atoms with E-state index in [0.29, 0.717) is 18.7 Å². The Morgan fingerprint density at radius 2 is 1.90 bits per heavy atom. The van der Waals surface area contributed by atoms with Crippen LogP contribution in [0.4, 0.5) is 19.6 Å². The van der Waals surface area contributed by atoms with Crippen LogP contribution in [0.3, 0.4) is 0 Å². The highest BCUT2D eigenvalue weighted by molar-refractivity contribution is 7.14. The van der Waals surface area contributed by atoms with Crippen LogP contribution in [0.2, 0.25) is 0 Å². The van der Waals surface area contributed by atoms with E-state index in [4.69, 9.17) is 4.74 Å². The van der Waals surface area contributed by atoms with Crippen molar-refractivity contribution in [2.75, 3.05) is 23.4 Å². The molecule has 0 radical (unpaired) electrons. The number of aromatic nitrogens is 1. The molecule has 2 aromatic carbocycles. The number of ether oxygens (including phenoxy) is 1. The number of amides is 2. The zero-order chi connectivity index (χ0) is 21.1. The predicted octanol–water partition coefficient (Wildman–Crippen LogP) is 4.23. The lowest BCUT2D eigenvalue weighted by Crippen LogP contribution is -2.23. The van der Waals surface area contributed by atoms with Crippen molar-refractivity contribution in [3.8, 4) is 17.0 Å². The number of nitrogens with one attached hydrogen (secondary N) is 1. The van der Waals surface area contributed by atoms with Gasteiger partial charge in [-0.2, -0.15) is 0 Å². The largest absolute Gasteiger partial charge is 0.484 e. The molecule has 6 nitrogen and oxygen atoms in total. The second-order valence-corrected chi connectivity index (χ2v) is 7.47. The summed E-state index contributed by atoms with van der Waals surface area (Å²) in [5.41, 5.74) is 0.672. The molecular weight excluding hydrogens is 412 g/mol. The summed E-state index contributed by atoms with van der Waals surface area (Å²) in [6, 6.07) is 10.5. The van der Waals surface area contributed by atoms with Gasteiger partial charge in [0.15, 0.2) is 11.7 Å². The maximum absolute atomic E-state index is 13.9. The van der Waals surface area contributed by atoms with Crippen LogP contribution in [-0.4, -0.2) is 29.9 Å². The van der Waals surface area contributed by atoms with E-state index in [1.54, 1.807) is 29.2 Å². The van der Waals surface area contributed by atoms with Gasteiger partial charge in [0.05, 0.1) is 11.3 Å². The van der Waals surface area contributed by atoms with Crippen LogP contribution in [0.15, 0.2) is 47.8 Å². The second kappa shape index (κ2) is 8.58. The van der Waals surface area contributed by atoms with E-state index in [1.807, 2.05) is 0 Å². The summed E-state index contributed by atoms with van der Waals surface area (Å²) in [4.78, 5) is 29.7. The third-order valence-electron chi connectivity index (χ3n) is 4.56. The number of nitrogens with zero attached hydrogens (tertiary/aromatic N) is 2. The molecule has 2 heterocycles. The maximum atomic E-state index is 13.9. The molecule has 2 amide bonds. The SMILES string of the molecule is O=C(COc1ccc(N2CCCC2=O)cc1)Nc1nc(-c2c(F)cccc2F)cs1. The molecule has 0 unspecified atom stereocenters. The fraction of sp³-hybridized carbons (Fsp3) is 0.190. The van der Waals surface area contributed by atoms with E-state index >= 15 is 0 Å². The summed E-state index contributed by atoms with van der Waals surface area (Å²) >= 11 is 1.06. The van der Waals surface area contributed by atoms with Crippen molar-refractivity contribution in [2.45, 2.75) is 12.8 Å². The molecule has 1 aliphatic heterocycles. The molecule has 4 rings (SSSR count). The Morgan fingerprint density at radius 3 is 2.57 bits per heavy atom. The summed E-state index contributed by atoms with van der Waals surface area (Å²) in [6.07, 6.45) is 1.40. The number of carbonyl (C=O) groups excluding carboxylic acids is 2. The van der Waals surface area contributed by atoms with Gasteiger partial charge in [-0.3, -0.25) is 14.9 Å². The first-order valence-corrected chi connectivity index (χ1v) is 10.1. The van der Waals surface area contributed by atoms with Crippen molar-refractivity contribution < 1.29 is 23.1 Å². The van der Waals surface area contributed by atoms with Gasteiger partial charge in [-0.1, -0.05) is 6.07 Å². The Kier molecular flexibility index (Phi) is 5.71. The van der Waals surface area contributed by atoms with Gasteiger partial charge in [-0.05, 0) is 42.8 Å². The lowest BCUT2D eigenvalue weighted by atomic mass is 10.1. The van der Waals surface area contributed by atoms with Crippen LogP contribution in [0.5, 0.6) is 5.75 Å². The number of halogens is 2. The van der Waals surface area contributed by atoms with Crippen LogP contribution in [0.25, 0.3) is 11.3 Å². The van der Waals surface area contributed by atoms with Crippen LogP contribution < -0.4 is 15.0 Å². The topological polar surface area (TPSA) is 71.5 Å². The minimum Gasteiger partial charge on any atom is -0.484 e. The number of hydrogen-bond acceptors (Lipinski definition) is 5. The molecule has 1 aromatic heterocycles. The van der Waals surface area contributed by atoms with Gasteiger partial charge in [0.2, 0.25) is 5.91 Å². The first-order chi connectivity index (χ1) is 14.5. The van der Waals surface area contributed by atoms with Gasteiger partial charge < -0.3 is 9.64 Å². The predicted molar refractivity (Wildman–Crippen MR) is 110 cm³/mol. The van der Waals surface area contributed by atoms with Crippen molar-refractivity contribution in [2.24, 2.45) is 0 Å². The van der Waals surface area contributed by atoms with E-state index in [0.717, 1.165) is 35.6 Å². The van der Waals surface area contributed by atoms with Gasteiger partial charge in [-0.25, -0.2) is 13.8 Å². The Hall–Kier alpha value is -3.33. The lowest BCUT2D eigenvalue weighted by Gasteiger charge is -2.16. The summed E-state index contributed by atoms with van der Waals surface area (Å²) < 4.78 is 33.2. The second-order valence-electron chi connectivity index (χ2n) is 6.61. The summed E-state index contributed by atoms with van der Waals surface area (Å²) in [7, 11) is 0. The monoisotopic (exact) mass is 429 g/mol. The Morgan fingerprint density at radius 1 is 1.17 bits per heavy atom. The van der Waals surface area contributed by atoms with Crippen molar-refractivity contribution in [1.29, 1.82) is 0 Å². The molecule has 30 heavy (non-hydrogen) atoms. The normalized spacial score (nSPS) is 13.5. The lowest BCUT2D eigenvalue weighted by molar-refractivity contribution is -0.118. The standard InChI is InChI=1S/C21H17F2N3O3S/c22-15-3-1-4-16(23)20(15)17-12-30-21(24-17)25-18(27)11-29-14-8-6-13(7-9-14)26-10-2-5-19(26)28/h1,3-4,6-9,12H,2,5,10-11H2,(H,24,25,27). The molecule has 3 aromatic rings. The molecule has 0 saturated carbocycles. The molecule has 0 aliphatic carbocycles. The van der Waals surface area contributed by atoms with E-state index in [9.17, 15) is 18.4 Å². The van der Waals surface area contributed by atoms with Gasteiger partial charge >= 0.3 is 0 Å². The highest BCUT2D eigenvalue weighted by Gasteiger charge is 2.21. The first kappa shape index (κ1) is 20.0. The zero-order valence-corrected chi connectivity index (χ0v) is 16.5. The first-order valence-electron chi connectivity index (χ1n) is 9.24. The Balaban J connectivity index is 1.33. The van der Waals surface area contributed by atoms with Crippen molar-refractivity contribution >= 4 is 34.0 Å². The number of carbonyl (C=O) groups is 2. The molecule has 154 valence electrons. The third-order valence-corrected chi connectivity index (χ3v) is 5.32. The number of benzene rings is 2. The van der Waals surface area contributed by atoms with E-state index in [-0.39, 0.29) is 28.9 Å². The number of rotatable bonds is 6. The quantitative estimate of drug-likeness (QED) is 0.637. The average Bonchev–Trinajstić information content (AvgIpc) is 3.36. The molecule has 0 atom stereocenters. The Bertz CT molecular complexity index is 1070. The Labute approximate surface area is 175 Å². The minimum absolute atomic E-state index is 0.0983. The van der Waals surface area contributed by atoms with Crippen LogP contribution >= 0.6 is 11.3 Å². The maximum Gasteiger partial charge on any atom is 0.264 e. The van der Waals surface area contributed by atoms with E-state index in [2.05, 4.69) is 10.3 Å². The van der Waals surface area contributed by atoms with Crippen LogP contribution in [0.1, 0.15) is 12.8 Å². The van der Waals surface area contributed by atoms with Crippen molar-refractivity contribution in [3.63, 3.8) is 0 Å². The summed E-state index contributed by atoms with van der Waals surface area (Å²) in [5.74, 6) is -1.32. The highest BCUT2D eigenvalue weighted by Crippen LogP contribution is 2.29. The summed E-state index contributed by atoms with van der Waals surface area (Å²) in [5, 5.41) is 4.23. The fourth-order valence-corrected chi connectivity index (χ4v) is 3.85. The molecule has 1 saturated heterocycles. The van der Waals surface area contributed by atoms with Crippen molar-refractivity contribution in [3.05, 3.63) is 59.5 Å². The van der Waals surface area contributed by atoms with E-state index < -0.39 is 17.5 Å². The molecule has 0 bridgehead atoms. The van der Waals surface area contributed by atoms with Gasteiger partial charge in [-0.15, -0.1) is 11.3 Å². The molecular formula is C21H17F2N3O3S. The minimum atomic E-state index is -0.722. The third kappa shape index (κ3) is 4.30. The molecule has 9 heteroatoms. The van der Waals surface area contributed by atoms with Gasteiger partial charge in [0.1, 0.15) is 17.4 Å².